The fraction of sp³-hybridized carbons (Fsp3) is 0.650. The third kappa shape index (κ3) is 6.31. The quantitative estimate of drug-likeness (QED) is 0.684. The highest BCUT2D eigenvalue weighted by Crippen LogP contribution is 2.29. The van der Waals surface area contributed by atoms with Crippen LogP contribution < -0.4 is 4.90 Å². The van der Waals surface area contributed by atoms with Gasteiger partial charge in [-0.05, 0) is 12.8 Å². The summed E-state index contributed by atoms with van der Waals surface area (Å²) in [6, 6.07) is 0.989. The van der Waals surface area contributed by atoms with Gasteiger partial charge in [0.1, 0.15) is 24.4 Å². The second-order valence-corrected chi connectivity index (χ2v) is 7.39. The zero-order valence-corrected chi connectivity index (χ0v) is 17.0. The standard InChI is InChI=1S/C20H26F3N5O2/c1-16(29)27-11-9-26(10-12-27)6-2-3-13-30-17-4-7-28(8-5-17)19-14-18(20(21,22)23)24-15-25-19/h14-15,17H,4-13H2,1H3. The van der Waals surface area contributed by atoms with Crippen molar-refractivity contribution in [2.75, 3.05) is 57.3 Å². The normalized spacial score (nSPS) is 18.8. The van der Waals surface area contributed by atoms with Crippen LogP contribution in [0.3, 0.4) is 0 Å². The minimum atomic E-state index is -4.47. The molecule has 0 aliphatic carbocycles. The van der Waals surface area contributed by atoms with Crippen LogP contribution in [0.25, 0.3) is 0 Å². The maximum atomic E-state index is 12.8. The van der Waals surface area contributed by atoms with Crippen molar-refractivity contribution in [1.82, 2.24) is 19.8 Å². The molecule has 2 aliphatic rings. The lowest BCUT2D eigenvalue weighted by Gasteiger charge is -2.33. The number of carbonyl (C=O) groups excluding carboxylic acids is 1. The molecule has 0 spiro atoms. The number of halogens is 3. The summed E-state index contributed by atoms with van der Waals surface area (Å²) in [6.07, 6.45) is -2.06. The van der Waals surface area contributed by atoms with Crippen LogP contribution in [0.15, 0.2) is 12.4 Å². The number of hydrogen-bond acceptors (Lipinski definition) is 6. The van der Waals surface area contributed by atoms with Crippen LogP contribution in [0.5, 0.6) is 0 Å². The molecular weight excluding hydrogens is 399 g/mol. The highest BCUT2D eigenvalue weighted by atomic mass is 19.4. The van der Waals surface area contributed by atoms with E-state index in [2.05, 4.69) is 26.7 Å². The average molecular weight is 425 g/mol. The molecule has 1 amide bonds. The molecule has 1 aromatic heterocycles. The van der Waals surface area contributed by atoms with Crippen LogP contribution in [-0.2, 0) is 15.7 Å². The lowest BCUT2D eigenvalue weighted by Crippen LogP contribution is -2.47. The number of hydrogen-bond donors (Lipinski definition) is 0. The van der Waals surface area contributed by atoms with Crippen LogP contribution in [0.4, 0.5) is 19.0 Å². The maximum Gasteiger partial charge on any atom is 0.433 e. The molecule has 10 heteroatoms. The van der Waals surface area contributed by atoms with Crippen molar-refractivity contribution in [1.29, 1.82) is 0 Å². The summed E-state index contributed by atoms with van der Waals surface area (Å²) >= 11 is 0. The predicted molar refractivity (Wildman–Crippen MR) is 105 cm³/mol. The van der Waals surface area contributed by atoms with E-state index in [-0.39, 0.29) is 12.0 Å². The van der Waals surface area contributed by atoms with Gasteiger partial charge in [0.2, 0.25) is 5.91 Å². The largest absolute Gasteiger partial charge is 0.433 e. The summed E-state index contributed by atoms with van der Waals surface area (Å²) in [5, 5.41) is 0. The Kier molecular flexibility index (Phi) is 7.50. The fourth-order valence-electron chi connectivity index (χ4n) is 3.53. The van der Waals surface area contributed by atoms with Crippen LogP contribution in [0.2, 0.25) is 0 Å². The molecule has 0 atom stereocenters. The summed E-state index contributed by atoms with van der Waals surface area (Å²) in [5.41, 5.74) is -0.927. The maximum absolute atomic E-state index is 12.8. The minimum absolute atomic E-state index is 0.0404. The number of amides is 1. The topological polar surface area (TPSA) is 61.8 Å². The van der Waals surface area contributed by atoms with Crippen LogP contribution in [0.1, 0.15) is 25.5 Å². The molecule has 0 N–H and O–H groups in total. The molecule has 2 aliphatic heterocycles. The second-order valence-electron chi connectivity index (χ2n) is 7.39. The Bertz CT molecular complexity index is 777. The molecule has 0 radical (unpaired) electrons. The molecule has 164 valence electrons. The molecule has 2 saturated heterocycles. The van der Waals surface area contributed by atoms with E-state index in [1.54, 1.807) is 6.92 Å². The Morgan fingerprint density at radius 1 is 1.13 bits per heavy atom. The summed E-state index contributed by atoms with van der Waals surface area (Å²) in [6.45, 7) is 6.86. The Morgan fingerprint density at radius 2 is 1.83 bits per heavy atom. The van der Waals surface area contributed by atoms with Crippen molar-refractivity contribution in [2.45, 2.75) is 32.0 Å². The SMILES string of the molecule is CC(=O)N1CCN(CC#CCOC2CCN(c3cc(C(F)(F)F)ncn3)CC2)CC1. The molecule has 0 unspecified atom stereocenters. The Morgan fingerprint density at radius 3 is 2.47 bits per heavy atom. The number of ether oxygens (including phenoxy) is 1. The van der Waals surface area contributed by atoms with E-state index in [4.69, 9.17) is 4.74 Å². The van der Waals surface area contributed by atoms with Gasteiger partial charge in [0, 0.05) is 52.3 Å². The zero-order chi connectivity index (χ0) is 21.6. The van der Waals surface area contributed by atoms with Crippen molar-refractivity contribution in [3.63, 3.8) is 0 Å². The van der Waals surface area contributed by atoms with Gasteiger partial charge >= 0.3 is 6.18 Å². The third-order valence-electron chi connectivity index (χ3n) is 5.35. The number of carbonyl (C=O) groups is 1. The van der Waals surface area contributed by atoms with Gasteiger partial charge in [0.25, 0.3) is 0 Å². The second kappa shape index (κ2) is 10.1. The third-order valence-corrected chi connectivity index (χ3v) is 5.35. The van der Waals surface area contributed by atoms with Crippen LogP contribution >= 0.6 is 0 Å². The smallest absolute Gasteiger partial charge is 0.365 e. The molecule has 3 heterocycles. The minimum Gasteiger partial charge on any atom is -0.365 e. The van der Waals surface area contributed by atoms with Crippen LogP contribution in [-0.4, -0.2) is 84.2 Å². The molecule has 30 heavy (non-hydrogen) atoms. The van der Waals surface area contributed by atoms with Gasteiger partial charge < -0.3 is 14.5 Å². The first-order valence-electron chi connectivity index (χ1n) is 10.0. The lowest BCUT2D eigenvalue weighted by molar-refractivity contribution is -0.141. The highest BCUT2D eigenvalue weighted by Gasteiger charge is 2.33. The molecule has 0 bridgehead atoms. The van der Waals surface area contributed by atoms with Crippen LogP contribution in [0, 0.1) is 11.8 Å². The van der Waals surface area contributed by atoms with Gasteiger partial charge in [-0.25, -0.2) is 9.97 Å². The van der Waals surface area contributed by atoms with E-state index < -0.39 is 11.9 Å². The van der Waals surface area contributed by atoms with Gasteiger partial charge in [-0.1, -0.05) is 11.8 Å². The van der Waals surface area contributed by atoms with E-state index in [0.29, 0.717) is 44.9 Å². The first-order chi connectivity index (χ1) is 14.3. The Balaban J connectivity index is 1.35. The van der Waals surface area contributed by atoms with E-state index in [0.717, 1.165) is 38.6 Å². The van der Waals surface area contributed by atoms with Gasteiger partial charge in [-0.15, -0.1) is 0 Å². The number of nitrogens with zero attached hydrogens (tertiary/aromatic N) is 5. The monoisotopic (exact) mass is 425 g/mol. The van der Waals surface area contributed by atoms with Gasteiger partial charge in [-0.2, -0.15) is 13.2 Å². The van der Waals surface area contributed by atoms with E-state index in [1.165, 1.54) is 0 Å². The van der Waals surface area contributed by atoms with Crippen molar-refractivity contribution >= 4 is 11.7 Å². The summed E-state index contributed by atoms with van der Waals surface area (Å²) < 4.78 is 44.2. The lowest BCUT2D eigenvalue weighted by atomic mass is 10.1. The predicted octanol–water partition coefficient (Wildman–Crippen LogP) is 1.65. The average Bonchev–Trinajstić information content (AvgIpc) is 2.74. The summed E-state index contributed by atoms with van der Waals surface area (Å²) in [4.78, 5) is 24.5. The molecule has 0 saturated carbocycles. The van der Waals surface area contributed by atoms with Gasteiger partial charge in [-0.3, -0.25) is 9.69 Å². The summed E-state index contributed by atoms with van der Waals surface area (Å²) in [7, 11) is 0. The number of rotatable bonds is 4. The van der Waals surface area contributed by atoms with Gasteiger partial charge in [0.05, 0.1) is 12.6 Å². The molecular formula is C20H26F3N5O2. The molecule has 1 aromatic rings. The fourth-order valence-corrected chi connectivity index (χ4v) is 3.53. The van der Waals surface area contributed by atoms with Crippen molar-refractivity contribution in [2.24, 2.45) is 0 Å². The summed E-state index contributed by atoms with van der Waals surface area (Å²) in [5.74, 6) is 6.54. The first-order valence-corrected chi connectivity index (χ1v) is 10.0. The molecule has 3 rings (SSSR count). The van der Waals surface area contributed by atoms with Crippen molar-refractivity contribution in [3.8, 4) is 11.8 Å². The van der Waals surface area contributed by atoms with E-state index >= 15 is 0 Å². The Labute approximate surface area is 174 Å². The van der Waals surface area contributed by atoms with E-state index in [9.17, 15) is 18.0 Å². The number of piperazine rings is 1. The highest BCUT2D eigenvalue weighted by molar-refractivity contribution is 5.73. The zero-order valence-electron chi connectivity index (χ0n) is 17.0. The van der Waals surface area contributed by atoms with Gasteiger partial charge in [0.15, 0.2) is 0 Å². The Hall–Kier alpha value is -2.38. The number of anilines is 1. The molecule has 0 aromatic carbocycles. The first kappa shape index (κ1) is 22.3. The van der Waals surface area contributed by atoms with Crippen molar-refractivity contribution < 1.29 is 22.7 Å². The van der Waals surface area contributed by atoms with E-state index in [1.807, 2.05) is 9.80 Å². The number of alkyl halides is 3. The molecule has 7 nitrogen and oxygen atoms in total. The number of aromatic nitrogens is 2. The van der Waals surface area contributed by atoms with Crippen molar-refractivity contribution in [3.05, 3.63) is 18.1 Å². The molecule has 2 fully saturated rings. The number of piperidine rings is 1.